The van der Waals surface area contributed by atoms with E-state index in [0.717, 1.165) is 50.3 Å². The van der Waals surface area contributed by atoms with Gasteiger partial charge in [-0.1, -0.05) is 140 Å². The molecule has 0 N–H and O–H groups in total. The second kappa shape index (κ2) is 11.9. The van der Waals surface area contributed by atoms with Crippen LogP contribution >= 0.6 is 0 Å². The Morgan fingerprint density at radius 2 is 0.926 bits per heavy atom. The number of rotatable bonds is 4. The lowest BCUT2D eigenvalue weighted by molar-refractivity contribution is 0.436. The van der Waals surface area contributed by atoms with Gasteiger partial charge in [0.1, 0.15) is 11.5 Å². The molecule has 0 saturated heterocycles. The molecule has 1 aliphatic carbocycles. The van der Waals surface area contributed by atoms with E-state index < -0.39 is 5.41 Å². The maximum Gasteiger partial charge on any atom is 0.164 e. The van der Waals surface area contributed by atoms with Crippen LogP contribution in [0.15, 0.2) is 182 Å². The van der Waals surface area contributed by atoms with Crippen molar-refractivity contribution in [3.8, 4) is 67.9 Å². The highest BCUT2D eigenvalue weighted by Crippen LogP contribution is 2.62. The molecular formula is C49H30N4O. The van der Waals surface area contributed by atoms with Crippen LogP contribution in [-0.2, 0) is 5.41 Å². The lowest BCUT2D eigenvalue weighted by atomic mass is 9.65. The first-order valence-corrected chi connectivity index (χ1v) is 18.1. The second-order valence-electron chi connectivity index (χ2n) is 13.8. The molecule has 2 aliphatic rings. The molecule has 54 heavy (non-hydrogen) atoms. The van der Waals surface area contributed by atoms with Crippen LogP contribution in [0, 0.1) is 0 Å². The molecule has 0 amide bonds. The normalized spacial score (nSPS) is 13.1. The van der Waals surface area contributed by atoms with E-state index in [1.807, 2.05) is 73.1 Å². The molecule has 0 fully saturated rings. The zero-order chi connectivity index (χ0) is 35.6. The highest BCUT2D eigenvalue weighted by molar-refractivity contribution is 5.98. The number of hydrogen-bond acceptors (Lipinski definition) is 5. The molecule has 11 rings (SSSR count). The van der Waals surface area contributed by atoms with Gasteiger partial charge in [-0.05, 0) is 69.1 Å². The summed E-state index contributed by atoms with van der Waals surface area (Å²) < 4.78 is 6.67. The van der Waals surface area contributed by atoms with Gasteiger partial charge in [-0.3, -0.25) is 4.98 Å². The monoisotopic (exact) mass is 690 g/mol. The lowest BCUT2D eigenvalue weighted by Crippen LogP contribution is -2.32. The molecule has 0 atom stereocenters. The Morgan fingerprint density at radius 3 is 1.56 bits per heavy atom. The van der Waals surface area contributed by atoms with Crippen molar-refractivity contribution in [1.29, 1.82) is 0 Å². The SMILES string of the molecule is c1ccc(-c2nc(-c3ccccc3)nc(-c3ccc4c(c3)C3(c5ccccc5Oc5ccccc53)c3cc(-c5cccc6cnccc56)ccc3-4)n2)cc1. The van der Waals surface area contributed by atoms with Gasteiger partial charge in [-0.15, -0.1) is 0 Å². The molecule has 7 aromatic carbocycles. The van der Waals surface area contributed by atoms with Crippen molar-refractivity contribution in [3.63, 3.8) is 0 Å². The van der Waals surface area contributed by atoms with Crippen molar-refractivity contribution in [3.05, 3.63) is 205 Å². The van der Waals surface area contributed by atoms with E-state index in [4.69, 9.17) is 19.7 Å². The Kier molecular flexibility index (Phi) is 6.70. The average molecular weight is 691 g/mol. The fourth-order valence-electron chi connectivity index (χ4n) is 8.52. The Labute approximate surface area is 312 Å². The molecule has 3 heterocycles. The van der Waals surface area contributed by atoms with Crippen LogP contribution in [-0.4, -0.2) is 19.9 Å². The molecule has 9 aromatic rings. The van der Waals surface area contributed by atoms with Crippen LogP contribution in [0.2, 0.25) is 0 Å². The van der Waals surface area contributed by atoms with Gasteiger partial charge in [0.05, 0.1) is 5.41 Å². The van der Waals surface area contributed by atoms with Gasteiger partial charge < -0.3 is 4.74 Å². The van der Waals surface area contributed by atoms with Crippen LogP contribution in [0.3, 0.4) is 0 Å². The van der Waals surface area contributed by atoms with E-state index >= 15 is 0 Å². The Hall–Kier alpha value is -7.24. The maximum absolute atomic E-state index is 6.67. The van der Waals surface area contributed by atoms with E-state index in [9.17, 15) is 0 Å². The number of pyridine rings is 1. The van der Waals surface area contributed by atoms with Crippen molar-refractivity contribution in [2.75, 3.05) is 0 Å². The third kappa shape index (κ3) is 4.52. The second-order valence-corrected chi connectivity index (χ2v) is 13.8. The summed E-state index contributed by atoms with van der Waals surface area (Å²) in [6.07, 6.45) is 3.81. The molecule has 1 aliphatic heterocycles. The van der Waals surface area contributed by atoms with Crippen LogP contribution in [0.4, 0.5) is 0 Å². The first kappa shape index (κ1) is 30.4. The molecule has 252 valence electrons. The van der Waals surface area contributed by atoms with E-state index in [-0.39, 0.29) is 0 Å². The smallest absolute Gasteiger partial charge is 0.164 e. The highest BCUT2D eigenvalue weighted by Gasteiger charge is 2.51. The van der Waals surface area contributed by atoms with Crippen molar-refractivity contribution in [2.45, 2.75) is 5.41 Å². The number of hydrogen-bond donors (Lipinski definition) is 0. The zero-order valence-corrected chi connectivity index (χ0v) is 29.0. The first-order valence-electron chi connectivity index (χ1n) is 18.1. The van der Waals surface area contributed by atoms with Gasteiger partial charge in [0.15, 0.2) is 17.5 Å². The minimum absolute atomic E-state index is 0.621. The van der Waals surface area contributed by atoms with Crippen LogP contribution < -0.4 is 4.74 Å². The summed E-state index contributed by atoms with van der Waals surface area (Å²) in [5.74, 6) is 3.58. The minimum Gasteiger partial charge on any atom is -0.457 e. The van der Waals surface area contributed by atoms with Gasteiger partial charge in [0.2, 0.25) is 0 Å². The van der Waals surface area contributed by atoms with Crippen LogP contribution in [0.25, 0.3) is 67.2 Å². The summed E-state index contributed by atoms with van der Waals surface area (Å²) in [6, 6.07) is 59.4. The molecule has 5 heteroatoms. The predicted octanol–water partition coefficient (Wildman–Crippen LogP) is 11.6. The van der Waals surface area contributed by atoms with Gasteiger partial charge in [-0.25, -0.2) is 15.0 Å². The van der Waals surface area contributed by atoms with Gasteiger partial charge in [0, 0.05) is 45.6 Å². The largest absolute Gasteiger partial charge is 0.457 e. The fourth-order valence-corrected chi connectivity index (χ4v) is 8.52. The van der Waals surface area contributed by atoms with E-state index in [2.05, 4.69) is 114 Å². The molecule has 0 bridgehead atoms. The maximum atomic E-state index is 6.67. The molecule has 1 spiro atoms. The first-order chi connectivity index (χ1) is 26.8. The third-order valence-corrected chi connectivity index (χ3v) is 10.9. The summed E-state index contributed by atoms with van der Waals surface area (Å²) >= 11 is 0. The third-order valence-electron chi connectivity index (χ3n) is 10.9. The summed E-state index contributed by atoms with van der Waals surface area (Å²) in [6.45, 7) is 0. The van der Waals surface area contributed by atoms with Crippen LogP contribution in [0.5, 0.6) is 11.5 Å². The average Bonchev–Trinajstić information content (AvgIpc) is 3.53. The van der Waals surface area contributed by atoms with Crippen LogP contribution in [0.1, 0.15) is 22.3 Å². The summed E-state index contributed by atoms with van der Waals surface area (Å²) in [5, 5.41) is 2.28. The number of para-hydroxylation sites is 2. The molecule has 2 aromatic heterocycles. The number of fused-ring (bicyclic) bond motifs is 10. The van der Waals surface area contributed by atoms with Gasteiger partial charge >= 0.3 is 0 Å². The quantitative estimate of drug-likeness (QED) is 0.184. The number of nitrogens with zero attached hydrogens (tertiary/aromatic N) is 4. The highest BCUT2D eigenvalue weighted by atomic mass is 16.5. The predicted molar refractivity (Wildman–Crippen MR) is 214 cm³/mol. The number of benzene rings is 7. The van der Waals surface area contributed by atoms with E-state index in [1.165, 1.54) is 33.2 Å². The Bertz CT molecular complexity index is 2810. The molecule has 0 radical (unpaired) electrons. The summed E-state index contributed by atoms with van der Waals surface area (Å²) in [4.78, 5) is 19.6. The summed E-state index contributed by atoms with van der Waals surface area (Å²) in [7, 11) is 0. The van der Waals surface area contributed by atoms with Gasteiger partial charge in [0.25, 0.3) is 0 Å². The van der Waals surface area contributed by atoms with Crippen molar-refractivity contribution >= 4 is 10.8 Å². The van der Waals surface area contributed by atoms with E-state index in [0.29, 0.717) is 17.5 Å². The number of aromatic nitrogens is 4. The fraction of sp³-hybridized carbons (Fsp3) is 0.0204. The van der Waals surface area contributed by atoms with E-state index in [1.54, 1.807) is 0 Å². The lowest BCUT2D eigenvalue weighted by Gasteiger charge is -2.39. The Balaban J connectivity index is 1.19. The van der Waals surface area contributed by atoms with Crippen molar-refractivity contribution in [2.24, 2.45) is 0 Å². The van der Waals surface area contributed by atoms with Gasteiger partial charge in [-0.2, -0.15) is 0 Å². The molecule has 5 nitrogen and oxygen atoms in total. The topological polar surface area (TPSA) is 60.8 Å². The Morgan fingerprint density at radius 1 is 0.389 bits per heavy atom. The standard InChI is InChI=1S/C49H30N4O/c1-3-12-31(13-4-1)46-51-47(32-14-5-2-6-15-32)53-48(52-46)34-23-25-39-38-24-22-33(36-17-11-16-35-30-50-27-26-37(35)36)28-42(38)49(43(39)29-34)40-18-7-9-20-44(40)54-45-21-10-8-19-41(45)49/h1-30H. The molecular weight excluding hydrogens is 661 g/mol. The molecule has 0 saturated carbocycles. The minimum atomic E-state index is -0.675. The number of ether oxygens (including phenoxy) is 1. The van der Waals surface area contributed by atoms with Crippen molar-refractivity contribution < 1.29 is 4.74 Å². The van der Waals surface area contributed by atoms with Crippen molar-refractivity contribution in [1.82, 2.24) is 19.9 Å². The summed E-state index contributed by atoms with van der Waals surface area (Å²) in [5.41, 5.74) is 11.4. The zero-order valence-electron chi connectivity index (χ0n) is 29.0. The molecule has 0 unspecified atom stereocenters.